The van der Waals surface area contributed by atoms with E-state index in [1.807, 2.05) is 0 Å². The molecule has 2 atom stereocenters. The number of unbranched alkanes of at least 4 members (excludes halogenated alkanes) is 17. The molecule has 0 aromatic rings. The van der Waals surface area contributed by atoms with Gasteiger partial charge in [0, 0.05) is 6.04 Å². The molecule has 0 aliphatic heterocycles. The molecule has 0 aromatic carbocycles. The molecule has 176 valence electrons. The molecule has 0 N–H and O–H groups in total. The molecule has 1 nitrogen and oxygen atoms in total. The second-order valence-electron chi connectivity index (χ2n) is 10.1. The van der Waals surface area contributed by atoms with Gasteiger partial charge in [-0.15, -0.1) is 0 Å². The predicted molar refractivity (Wildman–Crippen MR) is 135 cm³/mol. The fourth-order valence-corrected chi connectivity index (χ4v) is 4.86. The lowest BCUT2D eigenvalue weighted by molar-refractivity contribution is 0.193. The molecule has 0 aromatic heterocycles. The molecule has 0 bridgehead atoms. The molecule has 2 unspecified atom stereocenters. The Morgan fingerprint density at radius 3 is 1.14 bits per heavy atom. The second kappa shape index (κ2) is 22.6. The highest BCUT2D eigenvalue weighted by Gasteiger charge is 2.18. The molecule has 0 rings (SSSR count). The van der Waals surface area contributed by atoms with Crippen LogP contribution in [0.1, 0.15) is 156 Å². The topological polar surface area (TPSA) is 3.24 Å². The van der Waals surface area contributed by atoms with Crippen LogP contribution in [0.4, 0.5) is 0 Å². The third-order valence-corrected chi connectivity index (χ3v) is 6.94. The Kier molecular flexibility index (Phi) is 22.6. The Balaban J connectivity index is 3.39. The van der Waals surface area contributed by atoms with E-state index in [4.69, 9.17) is 0 Å². The van der Waals surface area contributed by atoms with Crippen LogP contribution in [0, 0.1) is 5.92 Å². The quantitative estimate of drug-likeness (QED) is 0.152. The predicted octanol–water partition coefficient (Wildman–Crippen LogP) is 9.78. The van der Waals surface area contributed by atoms with Gasteiger partial charge in [-0.3, -0.25) is 0 Å². The van der Waals surface area contributed by atoms with E-state index in [-0.39, 0.29) is 0 Å². The Morgan fingerprint density at radius 2 is 0.759 bits per heavy atom. The van der Waals surface area contributed by atoms with Gasteiger partial charge in [0.05, 0.1) is 0 Å². The van der Waals surface area contributed by atoms with Crippen molar-refractivity contribution < 1.29 is 0 Å². The third-order valence-electron chi connectivity index (χ3n) is 6.94. The Bertz CT molecular complexity index is 299. The van der Waals surface area contributed by atoms with Crippen LogP contribution < -0.4 is 0 Å². The number of hydrogen-bond acceptors (Lipinski definition) is 1. The zero-order valence-electron chi connectivity index (χ0n) is 21.5. The molecular weight excluding hydrogens is 350 g/mol. The van der Waals surface area contributed by atoms with E-state index in [0.29, 0.717) is 0 Å². The lowest BCUT2D eigenvalue weighted by atomic mass is 9.90. The Labute approximate surface area is 186 Å². The van der Waals surface area contributed by atoms with E-state index < -0.39 is 0 Å². The van der Waals surface area contributed by atoms with Gasteiger partial charge < -0.3 is 4.90 Å². The minimum Gasteiger partial charge on any atom is -0.306 e. The summed E-state index contributed by atoms with van der Waals surface area (Å²) in [6.45, 7) is 7.10. The van der Waals surface area contributed by atoms with Gasteiger partial charge in [-0.1, -0.05) is 143 Å². The molecule has 0 amide bonds. The second-order valence-corrected chi connectivity index (χ2v) is 10.1. The number of rotatable bonds is 23. The minimum absolute atomic E-state index is 0.790. The summed E-state index contributed by atoms with van der Waals surface area (Å²) in [6.07, 6.45) is 30.4. The summed E-state index contributed by atoms with van der Waals surface area (Å²) >= 11 is 0. The van der Waals surface area contributed by atoms with Gasteiger partial charge in [-0.25, -0.2) is 0 Å². The van der Waals surface area contributed by atoms with Gasteiger partial charge >= 0.3 is 0 Å². The van der Waals surface area contributed by atoms with E-state index in [1.165, 1.54) is 135 Å². The van der Waals surface area contributed by atoms with Crippen LogP contribution >= 0.6 is 0 Å². The van der Waals surface area contributed by atoms with Gasteiger partial charge in [0.15, 0.2) is 0 Å². The van der Waals surface area contributed by atoms with Crippen LogP contribution in [0.15, 0.2) is 0 Å². The minimum atomic E-state index is 0.790. The van der Waals surface area contributed by atoms with Crippen molar-refractivity contribution >= 4 is 0 Å². The van der Waals surface area contributed by atoms with Gasteiger partial charge in [0.25, 0.3) is 0 Å². The summed E-state index contributed by atoms with van der Waals surface area (Å²) in [5.74, 6) is 0.855. The normalized spacial score (nSPS) is 13.9. The van der Waals surface area contributed by atoms with Gasteiger partial charge in [-0.2, -0.15) is 0 Å². The van der Waals surface area contributed by atoms with Crippen LogP contribution in [-0.4, -0.2) is 25.0 Å². The summed E-state index contributed by atoms with van der Waals surface area (Å²) in [4.78, 5) is 2.48. The van der Waals surface area contributed by atoms with Crippen molar-refractivity contribution in [3.05, 3.63) is 0 Å². The lowest BCUT2D eigenvalue weighted by Crippen LogP contribution is -2.34. The summed E-state index contributed by atoms with van der Waals surface area (Å²) in [5, 5.41) is 0. The first-order valence-corrected chi connectivity index (χ1v) is 13.8. The van der Waals surface area contributed by atoms with Crippen LogP contribution in [-0.2, 0) is 0 Å². The van der Waals surface area contributed by atoms with Gasteiger partial charge in [0.1, 0.15) is 0 Å². The molecule has 29 heavy (non-hydrogen) atoms. The first-order chi connectivity index (χ1) is 14.1. The van der Waals surface area contributed by atoms with E-state index >= 15 is 0 Å². The molecule has 0 radical (unpaired) electrons. The number of hydrogen-bond donors (Lipinski definition) is 0. The summed E-state index contributed by atoms with van der Waals surface area (Å²) < 4.78 is 0. The Morgan fingerprint density at radius 1 is 0.448 bits per heavy atom. The first-order valence-electron chi connectivity index (χ1n) is 13.8. The maximum atomic E-state index is 2.49. The van der Waals surface area contributed by atoms with Crippen molar-refractivity contribution in [3.8, 4) is 0 Å². The van der Waals surface area contributed by atoms with Crippen molar-refractivity contribution in [2.24, 2.45) is 5.92 Å². The van der Waals surface area contributed by atoms with Crippen LogP contribution in [0.25, 0.3) is 0 Å². The standard InChI is InChI=1S/C28H59N/c1-6-8-10-11-12-13-14-15-16-17-18-19-20-21-22-24-25-27(3)28(29(4)5)26-23-9-7-2/h27-28H,6-26H2,1-5H3. The van der Waals surface area contributed by atoms with Crippen LogP contribution in [0.5, 0.6) is 0 Å². The zero-order chi connectivity index (χ0) is 21.6. The van der Waals surface area contributed by atoms with Crippen molar-refractivity contribution in [1.82, 2.24) is 4.90 Å². The SMILES string of the molecule is CCCCCCCCCCCCCCCCCCC(C)C(CCCCC)N(C)C. The lowest BCUT2D eigenvalue weighted by Gasteiger charge is -2.30. The highest BCUT2D eigenvalue weighted by atomic mass is 15.1. The fraction of sp³-hybridized carbons (Fsp3) is 1.00. The maximum Gasteiger partial charge on any atom is 0.0115 e. The molecule has 0 saturated carbocycles. The molecular formula is C28H59N. The highest BCUT2D eigenvalue weighted by Crippen LogP contribution is 2.22. The smallest absolute Gasteiger partial charge is 0.0115 e. The van der Waals surface area contributed by atoms with E-state index in [2.05, 4.69) is 39.8 Å². The van der Waals surface area contributed by atoms with Crippen LogP contribution in [0.2, 0.25) is 0 Å². The molecule has 1 heteroatoms. The molecule has 0 aliphatic carbocycles. The molecule has 0 saturated heterocycles. The summed E-state index contributed by atoms with van der Waals surface area (Å²) in [7, 11) is 4.56. The van der Waals surface area contributed by atoms with Gasteiger partial charge in [-0.05, 0) is 32.9 Å². The van der Waals surface area contributed by atoms with Crippen LogP contribution in [0.3, 0.4) is 0 Å². The van der Waals surface area contributed by atoms with Crippen molar-refractivity contribution in [1.29, 1.82) is 0 Å². The van der Waals surface area contributed by atoms with Crippen molar-refractivity contribution in [2.45, 2.75) is 162 Å². The molecule has 0 heterocycles. The molecule has 0 aliphatic rings. The van der Waals surface area contributed by atoms with E-state index in [9.17, 15) is 0 Å². The van der Waals surface area contributed by atoms with Gasteiger partial charge in [0.2, 0.25) is 0 Å². The molecule has 0 spiro atoms. The summed E-state index contributed by atoms with van der Waals surface area (Å²) in [5.41, 5.74) is 0. The highest BCUT2D eigenvalue weighted by molar-refractivity contribution is 4.73. The Hall–Kier alpha value is -0.0400. The van der Waals surface area contributed by atoms with Crippen molar-refractivity contribution in [2.75, 3.05) is 14.1 Å². The average molecular weight is 410 g/mol. The van der Waals surface area contributed by atoms with E-state index in [0.717, 1.165) is 12.0 Å². The summed E-state index contributed by atoms with van der Waals surface area (Å²) in [6, 6.07) is 0.790. The van der Waals surface area contributed by atoms with Crippen molar-refractivity contribution in [3.63, 3.8) is 0 Å². The monoisotopic (exact) mass is 409 g/mol. The largest absolute Gasteiger partial charge is 0.306 e. The fourth-order valence-electron chi connectivity index (χ4n) is 4.86. The third kappa shape index (κ3) is 19.7. The molecule has 0 fully saturated rings. The number of nitrogens with zero attached hydrogens (tertiary/aromatic N) is 1. The maximum absolute atomic E-state index is 2.49. The zero-order valence-corrected chi connectivity index (χ0v) is 21.5. The first kappa shape index (κ1) is 29.0. The average Bonchev–Trinajstić information content (AvgIpc) is 2.70. The van der Waals surface area contributed by atoms with E-state index in [1.54, 1.807) is 0 Å².